The van der Waals surface area contributed by atoms with Crippen LogP contribution in [0.2, 0.25) is 0 Å². The van der Waals surface area contributed by atoms with Gasteiger partial charge in [0.15, 0.2) is 5.75 Å². The molecule has 1 fully saturated rings. The maximum Gasteiger partial charge on any atom is 0.418 e. The van der Waals surface area contributed by atoms with Crippen LogP contribution in [0.1, 0.15) is 15.9 Å². The SMILES string of the molecule is COc1ccc(C(=O)Nc2ccc(N3CCOCC3)c(C(F)(F)F)c2)cc1[N+](=O)[O-]. The minimum Gasteiger partial charge on any atom is -0.490 e. The number of ether oxygens (including phenoxy) is 2. The monoisotopic (exact) mass is 425 g/mol. The molecule has 0 atom stereocenters. The van der Waals surface area contributed by atoms with Crippen LogP contribution in [0.4, 0.5) is 30.2 Å². The standard InChI is InChI=1S/C19H18F3N3O5/c1-29-17-5-2-12(10-16(17)25(27)28)18(26)23-13-3-4-15(14(11-13)19(20,21)22)24-6-8-30-9-7-24/h2-5,10-11H,6-9H2,1H3,(H,23,26). The largest absolute Gasteiger partial charge is 0.490 e. The first-order chi connectivity index (χ1) is 14.2. The van der Waals surface area contributed by atoms with E-state index in [-0.39, 0.29) is 22.7 Å². The van der Waals surface area contributed by atoms with Crippen molar-refractivity contribution in [3.8, 4) is 5.75 Å². The fourth-order valence-electron chi connectivity index (χ4n) is 3.10. The Morgan fingerprint density at radius 1 is 1.20 bits per heavy atom. The average molecular weight is 425 g/mol. The van der Waals surface area contributed by atoms with Gasteiger partial charge in [-0.2, -0.15) is 13.2 Å². The normalized spacial score (nSPS) is 14.3. The van der Waals surface area contributed by atoms with Crippen molar-refractivity contribution >= 4 is 23.0 Å². The summed E-state index contributed by atoms with van der Waals surface area (Å²) in [6.45, 7) is 1.30. The lowest BCUT2D eigenvalue weighted by Gasteiger charge is -2.31. The van der Waals surface area contributed by atoms with E-state index in [1.54, 1.807) is 4.90 Å². The lowest BCUT2D eigenvalue weighted by molar-refractivity contribution is -0.385. The molecule has 0 spiro atoms. The van der Waals surface area contributed by atoms with Crippen molar-refractivity contribution in [2.24, 2.45) is 0 Å². The lowest BCUT2D eigenvalue weighted by atomic mass is 10.1. The highest BCUT2D eigenvalue weighted by molar-refractivity contribution is 6.05. The Bertz CT molecular complexity index is 959. The third-order valence-corrected chi connectivity index (χ3v) is 4.55. The number of nitro benzene ring substituents is 1. The Balaban J connectivity index is 1.88. The summed E-state index contributed by atoms with van der Waals surface area (Å²) in [5.74, 6) is -0.821. The molecular weight excluding hydrogens is 407 g/mol. The summed E-state index contributed by atoms with van der Waals surface area (Å²) in [6.07, 6.45) is -4.63. The van der Waals surface area contributed by atoms with Crippen LogP contribution >= 0.6 is 0 Å². The topological polar surface area (TPSA) is 93.9 Å². The van der Waals surface area contributed by atoms with Crippen LogP contribution in [-0.2, 0) is 10.9 Å². The summed E-state index contributed by atoms with van der Waals surface area (Å²) < 4.78 is 50.9. The third kappa shape index (κ3) is 4.62. The fraction of sp³-hybridized carbons (Fsp3) is 0.316. The first-order valence-corrected chi connectivity index (χ1v) is 8.88. The van der Waals surface area contributed by atoms with E-state index in [1.165, 1.54) is 31.4 Å². The Morgan fingerprint density at radius 3 is 2.50 bits per heavy atom. The molecule has 30 heavy (non-hydrogen) atoms. The van der Waals surface area contributed by atoms with Gasteiger partial charge in [0.25, 0.3) is 5.91 Å². The molecule has 8 nitrogen and oxygen atoms in total. The molecule has 0 radical (unpaired) electrons. The molecule has 0 unspecified atom stereocenters. The number of anilines is 2. The number of carbonyl (C=O) groups is 1. The number of morpholine rings is 1. The predicted octanol–water partition coefficient (Wildman–Crippen LogP) is 3.71. The van der Waals surface area contributed by atoms with Crippen LogP contribution in [0.25, 0.3) is 0 Å². The summed E-state index contributed by atoms with van der Waals surface area (Å²) in [5, 5.41) is 13.5. The molecule has 160 valence electrons. The number of nitrogens with zero attached hydrogens (tertiary/aromatic N) is 2. The maximum atomic E-state index is 13.6. The van der Waals surface area contributed by atoms with Crippen molar-refractivity contribution in [3.63, 3.8) is 0 Å². The zero-order chi connectivity index (χ0) is 21.9. The quantitative estimate of drug-likeness (QED) is 0.580. The van der Waals surface area contributed by atoms with Crippen LogP contribution in [-0.4, -0.2) is 44.2 Å². The Labute approximate surface area is 169 Å². The molecule has 11 heteroatoms. The predicted molar refractivity (Wildman–Crippen MR) is 102 cm³/mol. The van der Waals surface area contributed by atoms with Gasteiger partial charge in [-0.05, 0) is 30.3 Å². The number of alkyl halides is 3. The molecule has 0 aromatic heterocycles. The molecule has 1 heterocycles. The third-order valence-electron chi connectivity index (χ3n) is 4.55. The molecule has 0 saturated carbocycles. The molecule has 1 amide bonds. The van der Waals surface area contributed by atoms with Gasteiger partial charge < -0.3 is 19.7 Å². The highest BCUT2D eigenvalue weighted by Crippen LogP contribution is 2.38. The highest BCUT2D eigenvalue weighted by atomic mass is 19.4. The van der Waals surface area contributed by atoms with Gasteiger partial charge in [-0.3, -0.25) is 14.9 Å². The van der Waals surface area contributed by atoms with Crippen molar-refractivity contribution in [3.05, 3.63) is 57.6 Å². The van der Waals surface area contributed by atoms with Gasteiger partial charge in [0.05, 0.1) is 30.8 Å². The summed E-state index contributed by atoms with van der Waals surface area (Å²) in [7, 11) is 1.25. The Hall–Kier alpha value is -3.34. The van der Waals surface area contributed by atoms with Gasteiger partial charge >= 0.3 is 11.9 Å². The number of halogens is 3. The van der Waals surface area contributed by atoms with E-state index >= 15 is 0 Å². The fourth-order valence-corrected chi connectivity index (χ4v) is 3.10. The number of amides is 1. The number of nitro groups is 1. The molecule has 2 aromatic carbocycles. The smallest absolute Gasteiger partial charge is 0.418 e. The highest BCUT2D eigenvalue weighted by Gasteiger charge is 2.35. The van der Waals surface area contributed by atoms with Gasteiger partial charge in [0.1, 0.15) is 0 Å². The molecule has 0 aliphatic carbocycles. The van der Waals surface area contributed by atoms with Crippen LogP contribution in [0, 0.1) is 10.1 Å². The minimum absolute atomic E-state index is 0.00360. The zero-order valence-corrected chi connectivity index (χ0v) is 15.9. The van der Waals surface area contributed by atoms with E-state index < -0.39 is 28.3 Å². The molecule has 2 aromatic rings. The van der Waals surface area contributed by atoms with Gasteiger partial charge in [-0.1, -0.05) is 0 Å². The summed E-state index contributed by atoms with van der Waals surface area (Å²) in [5.41, 5.74) is -1.48. The van der Waals surface area contributed by atoms with Gasteiger partial charge in [0.2, 0.25) is 0 Å². The van der Waals surface area contributed by atoms with Crippen molar-refractivity contribution in [1.29, 1.82) is 0 Å². The van der Waals surface area contributed by atoms with E-state index in [9.17, 15) is 28.1 Å². The average Bonchev–Trinajstić information content (AvgIpc) is 2.73. The van der Waals surface area contributed by atoms with E-state index in [4.69, 9.17) is 9.47 Å². The molecule has 1 aliphatic heterocycles. The second-order valence-electron chi connectivity index (χ2n) is 6.43. The number of hydrogen-bond acceptors (Lipinski definition) is 6. The second-order valence-corrected chi connectivity index (χ2v) is 6.43. The second kappa shape index (κ2) is 8.57. The minimum atomic E-state index is -4.63. The number of rotatable bonds is 5. The molecule has 3 rings (SSSR count). The molecular formula is C19H18F3N3O5. The Kier molecular flexibility index (Phi) is 6.11. The molecule has 1 aliphatic rings. The van der Waals surface area contributed by atoms with Crippen LogP contribution in [0.15, 0.2) is 36.4 Å². The van der Waals surface area contributed by atoms with Crippen molar-refractivity contribution in [1.82, 2.24) is 0 Å². The van der Waals surface area contributed by atoms with E-state index in [0.29, 0.717) is 26.3 Å². The number of nitrogens with one attached hydrogen (secondary N) is 1. The van der Waals surface area contributed by atoms with Gasteiger partial charge in [-0.25, -0.2) is 0 Å². The zero-order valence-electron chi connectivity index (χ0n) is 15.9. The Morgan fingerprint density at radius 2 is 1.90 bits per heavy atom. The van der Waals surface area contributed by atoms with E-state index in [1.807, 2.05) is 0 Å². The first kappa shape index (κ1) is 21.4. The number of hydrogen-bond donors (Lipinski definition) is 1. The van der Waals surface area contributed by atoms with E-state index in [2.05, 4.69) is 5.32 Å². The van der Waals surface area contributed by atoms with Crippen molar-refractivity contribution < 1.29 is 32.4 Å². The summed E-state index contributed by atoms with van der Waals surface area (Å²) in [6, 6.07) is 7.03. The van der Waals surface area contributed by atoms with Crippen molar-refractivity contribution in [2.45, 2.75) is 6.18 Å². The molecule has 1 N–H and O–H groups in total. The van der Waals surface area contributed by atoms with Crippen LogP contribution < -0.4 is 15.0 Å². The van der Waals surface area contributed by atoms with Crippen molar-refractivity contribution in [2.75, 3.05) is 43.6 Å². The number of benzene rings is 2. The number of carbonyl (C=O) groups excluding carboxylic acids is 1. The first-order valence-electron chi connectivity index (χ1n) is 8.88. The summed E-state index contributed by atoms with van der Waals surface area (Å²) in [4.78, 5) is 24.4. The summed E-state index contributed by atoms with van der Waals surface area (Å²) >= 11 is 0. The van der Waals surface area contributed by atoms with E-state index in [0.717, 1.165) is 12.1 Å². The van der Waals surface area contributed by atoms with Crippen LogP contribution in [0.3, 0.4) is 0 Å². The lowest BCUT2D eigenvalue weighted by Crippen LogP contribution is -2.37. The van der Waals surface area contributed by atoms with Gasteiger partial charge in [0, 0.05) is 36.1 Å². The maximum absolute atomic E-state index is 13.6. The number of methoxy groups -OCH3 is 1. The van der Waals surface area contributed by atoms with Crippen LogP contribution in [0.5, 0.6) is 5.75 Å². The molecule has 0 bridgehead atoms. The molecule has 1 saturated heterocycles. The van der Waals surface area contributed by atoms with Gasteiger partial charge in [-0.15, -0.1) is 0 Å².